The van der Waals surface area contributed by atoms with Crippen molar-refractivity contribution in [3.63, 3.8) is 0 Å². The number of alkyl carbamates (subject to hydrolysis) is 1. The monoisotopic (exact) mass is 224 g/mol. The Bertz CT molecular complexity index is 308. The zero-order valence-corrected chi connectivity index (χ0v) is 9.13. The van der Waals surface area contributed by atoms with Crippen molar-refractivity contribution < 1.29 is 9.53 Å². The third kappa shape index (κ3) is 2.39. The van der Waals surface area contributed by atoms with Crippen LogP contribution in [0.5, 0.6) is 0 Å². The van der Waals surface area contributed by atoms with Crippen LogP contribution in [0.15, 0.2) is 5.11 Å². The van der Waals surface area contributed by atoms with Gasteiger partial charge in [0.25, 0.3) is 0 Å². The molecule has 2 fully saturated rings. The van der Waals surface area contributed by atoms with E-state index in [1.165, 1.54) is 19.3 Å². The highest BCUT2D eigenvalue weighted by Gasteiger charge is 2.39. The fourth-order valence-corrected chi connectivity index (χ4v) is 2.63. The Hall–Kier alpha value is -1.42. The van der Waals surface area contributed by atoms with Crippen molar-refractivity contribution in [3.05, 3.63) is 10.4 Å². The summed E-state index contributed by atoms with van der Waals surface area (Å²) in [6.07, 6.45) is 5.39. The van der Waals surface area contributed by atoms with Gasteiger partial charge in [-0.3, -0.25) is 0 Å². The third-order valence-electron chi connectivity index (χ3n) is 3.40. The normalized spacial score (nSPS) is 30.4. The van der Waals surface area contributed by atoms with Crippen LogP contribution >= 0.6 is 0 Å². The molecule has 1 saturated heterocycles. The molecule has 2 aliphatic rings. The van der Waals surface area contributed by atoms with Crippen molar-refractivity contribution in [3.8, 4) is 0 Å². The molecule has 2 atom stereocenters. The van der Waals surface area contributed by atoms with Gasteiger partial charge in [-0.2, -0.15) is 0 Å². The quantitative estimate of drug-likeness (QED) is 0.453. The molecule has 16 heavy (non-hydrogen) atoms. The van der Waals surface area contributed by atoms with Crippen molar-refractivity contribution in [1.29, 1.82) is 0 Å². The maximum absolute atomic E-state index is 11.2. The Morgan fingerprint density at radius 2 is 2.19 bits per heavy atom. The highest BCUT2D eigenvalue weighted by atomic mass is 16.6. The first-order chi connectivity index (χ1) is 7.81. The molecule has 1 saturated carbocycles. The zero-order valence-electron chi connectivity index (χ0n) is 9.13. The number of cyclic esters (lactones) is 1. The summed E-state index contributed by atoms with van der Waals surface area (Å²) in [5.74, 6) is 0.423. The summed E-state index contributed by atoms with van der Waals surface area (Å²) in [6, 6.07) is -0.147. The lowest BCUT2D eigenvalue weighted by Crippen LogP contribution is -2.39. The van der Waals surface area contributed by atoms with Crippen LogP contribution in [0.1, 0.15) is 32.1 Å². The largest absolute Gasteiger partial charge is 0.444 e. The zero-order chi connectivity index (χ0) is 11.4. The molecule has 1 N–H and O–H groups in total. The number of ether oxygens (including phenoxy) is 1. The fourth-order valence-electron chi connectivity index (χ4n) is 2.63. The summed E-state index contributed by atoms with van der Waals surface area (Å²) < 4.78 is 5.28. The topological polar surface area (TPSA) is 87.1 Å². The lowest BCUT2D eigenvalue weighted by Gasteiger charge is -2.28. The maximum atomic E-state index is 11.2. The standard InChI is InChI=1S/C10H16N4O2/c11-14-12-6-8-9(16-10(15)13-8)7-4-2-1-3-5-7/h7-9H,1-6H2,(H,13,15)/t8-,9-/m0/s1. The molecule has 88 valence electrons. The molecule has 6 heteroatoms. The summed E-state index contributed by atoms with van der Waals surface area (Å²) in [5, 5.41) is 6.23. The molecule has 0 spiro atoms. The molecule has 1 amide bonds. The van der Waals surface area contributed by atoms with Gasteiger partial charge in [-0.1, -0.05) is 24.4 Å². The minimum Gasteiger partial charge on any atom is -0.444 e. The van der Waals surface area contributed by atoms with Crippen LogP contribution in [0, 0.1) is 5.92 Å². The number of hydrogen-bond acceptors (Lipinski definition) is 3. The number of nitrogens with one attached hydrogen (secondary N) is 1. The highest BCUT2D eigenvalue weighted by Crippen LogP contribution is 2.31. The smallest absolute Gasteiger partial charge is 0.407 e. The van der Waals surface area contributed by atoms with Gasteiger partial charge >= 0.3 is 6.09 Å². The van der Waals surface area contributed by atoms with E-state index in [0.717, 1.165) is 12.8 Å². The molecule has 1 aliphatic carbocycles. The Morgan fingerprint density at radius 3 is 2.88 bits per heavy atom. The highest BCUT2D eigenvalue weighted by molar-refractivity contribution is 5.70. The van der Waals surface area contributed by atoms with Crippen molar-refractivity contribution in [2.75, 3.05) is 6.54 Å². The molecule has 6 nitrogen and oxygen atoms in total. The minimum absolute atomic E-state index is 0.113. The van der Waals surface area contributed by atoms with Gasteiger partial charge in [0.15, 0.2) is 0 Å². The number of nitrogens with zero attached hydrogens (tertiary/aromatic N) is 3. The molecule has 1 heterocycles. The van der Waals surface area contributed by atoms with E-state index in [0.29, 0.717) is 5.92 Å². The van der Waals surface area contributed by atoms with Crippen LogP contribution in [0.25, 0.3) is 10.4 Å². The fraction of sp³-hybridized carbons (Fsp3) is 0.900. The van der Waals surface area contributed by atoms with Gasteiger partial charge in [-0.15, -0.1) is 0 Å². The second-order valence-corrected chi connectivity index (χ2v) is 4.43. The van der Waals surface area contributed by atoms with Crippen molar-refractivity contribution in [2.45, 2.75) is 44.2 Å². The van der Waals surface area contributed by atoms with E-state index in [9.17, 15) is 4.79 Å². The third-order valence-corrected chi connectivity index (χ3v) is 3.40. The Labute approximate surface area is 94.0 Å². The number of azide groups is 1. The number of rotatable bonds is 3. The first kappa shape index (κ1) is 11.1. The van der Waals surface area contributed by atoms with E-state index in [-0.39, 0.29) is 24.8 Å². The second-order valence-electron chi connectivity index (χ2n) is 4.43. The molecule has 1 aliphatic heterocycles. The summed E-state index contributed by atoms with van der Waals surface area (Å²) in [5.41, 5.74) is 8.29. The number of amides is 1. The molecular weight excluding hydrogens is 208 g/mol. The molecule has 0 bridgehead atoms. The first-order valence-electron chi connectivity index (χ1n) is 5.79. The van der Waals surface area contributed by atoms with E-state index < -0.39 is 0 Å². The van der Waals surface area contributed by atoms with Crippen molar-refractivity contribution in [2.24, 2.45) is 11.0 Å². The van der Waals surface area contributed by atoms with Crippen LogP contribution in [0.4, 0.5) is 4.79 Å². The van der Waals surface area contributed by atoms with Crippen molar-refractivity contribution >= 4 is 6.09 Å². The van der Waals surface area contributed by atoms with E-state index in [4.69, 9.17) is 10.3 Å². The van der Waals surface area contributed by atoms with Crippen LogP contribution in [0.2, 0.25) is 0 Å². The van der Waals surface area contributed by atoms with E-state index in [2.05, 4.69) is 15.3 Å². The van der Waals surface area contributed by atoms with E-state index in [1.54, 1.807) is 0 Å². The van der Waals surface area contributed by atoms with Gasteiger partial charge in [0.05, 0.1) is 6.04 Å². The van der Waals surface area contributed by atoms with Gasteiger partial charge in [0.1, 0.15) is 6.10 Å². The van der Waals surface area contributed by atoms with Crippen LogP contribution < -0.4 is 5.32 Å². The molecule has 0 aromatic carbocycles. The lowest BCUT2D eigenvalue weighted by molar-refractivity contribution is 0.0751. The Kier molecular flexibility index (Phi) is 3.51. The van der Waals surface area contributed by atoms with Crippen LogP contribution in [-0.2, 0) is 4.74 Å². The predicted octanol–water partition coefficient (Wildman–Crippen LogP) is 2.35. The maximum Gasteiger partial charge on any atom is 0.407 e. The minimum atomic E-state index is -0.381. The Balaban J connectivity index is 1.99. The number of carbonyl (C=O) groups is 1. The van der Waals surface area contributed by atoms with Crippen LogP contribution in [-0.4, -0.2) is 24.8 Å². The van der Waals surface area contributed by atoms with Crippen LogP contribution in [0.3, 0.4) is 0 Å². The van der Waals surface area contributed by atoms with Gasteiger partial charge in [0.2, 0.25) is 0 Å². The summed E-state index contributed by atoms with van der Waals surface area (Å²) in [6.45, 7) is 0.281. The summed E-state index contributed by atoms with van der Waals surface area (Å²) >= 11 is 0. The average Bonchev–Trinajstić information content (AvgIpc) is 2.69. The van der Waals surface area contributed by atoms with Crippen molar-refractivity contribution in [1.82, 2.24) is 5.32 Å². The average molecular weight is 224 g/mol. The summed E-state index contributed by atoms with van der Waals surface area (Å²) in [4.78, 5) is 13.9. The summed E-state index contributed by atoms with van der Waals surface area (Å²) in [7, 11) is 0. The predicted molar refractivity (Wildman–Crippen MR) is 57.8 cm³/mol. The molecule has 2 rings (SSSR count). The first-order valence-corrected chi connectivity index (χ1v) is 5.79. The van der Waals surface area contributed by atoms with Gasteiger partial charge in [0, 0.05) is 11.5 Å². The second kappa shape index (κ2) is 5.07. The Morgan fingerprint density at radius 1 is 1.44 bits per heavy atom. The molecule has 0 unspecified atom stereocenters. The van der Waals surface area contributed by atoms with Gasteiger partial charge in [-0.25, -0.2) is 4.79 Å². The number of hydrogen-bond donors (Lipinski definition) is 1. The van der Waals surface area contributed by atoms with Gasteiger partial charge in [-0.05, 0) is 24.3 Å². The van der Waals surface area contributed by atoms with E-state index in [1.807, 2.05) is 0 Å². The van der Waals surface area contributed by atoms with E-state index >= 15 is 0 Å². The SMILES string of the molecule is [N-]=[N+]=NC[C@@H]1NC(=O)O[C@H]1C1CCCCC1. The molecule has 0 aromatic rings. The number of carbonyl (C=O) groups excluding carboxylic acids is 1. The molecular formula is C10H16N4O2. The molecule has 0 aromatic heterocycles. The lowest BCUT2D eigenvalue weighted by atomic mass is 9.83. The van der Waals surface area contributed by atoms with Gasteiger partial charge < -0.3 is 10.1 Å². The molecule has 0 radical (unpaired) electrons.